The standard InChI is InChI=1S/C11H18N6O2/c1-15(2)8-3-5-16(6-4-8)10-9(17(18)19)7-13-11(12)14-10/h7-8H,3-6H2,1-2H3,(H2,12,13,14). The Labute approximate surface area is 111 Å². The van der Waals surface area contributed by atoms with E-state index in [0.717, 1.165) is 25.9 Å². The Hall–Kier alpha value is -1.96. The van der Waals surface area contributed by atoms with Crippen molar-refractivity contribution in [2.75, 3.05) is 37.8 Å². The van der Waals surface area contributed by atoms with Gasteiger partial charge in [-0.2, -0.15) is 4.98 Å². The van der Waals surface area contributed by atoms with E-state index in [-0.39, 0.29) is 11.6 Å². The van der Waals surface area contributed by atoms with E-state index < -0.39 is 4.92 Å². The summed E-state index contributed by atoms with van der Waals surface area (Å²) in [4.78, 5) is 22.3. The Bertz CT molecular complexity index is 470. The van der Waals surface area contributed by atoms with Gasteiger partial charge in [-0.1, -0.05) is 0 Å². The Morgan fingerprint density at radius 3 is 2.63 bits per heavy atom. The maximum atomic E-state index is 11.0. The van der Waals surface area contributed by atoms with Crippen molar-refractivity contribution in [3.63, 3.8) is 0 Å². The van der Waals surface area contributed by atoms with Gasteiger partial charge in [-0.3, -0.25) is 10.1 Å². The molecule has 1 saturated heterocycles. The first kappa shape index (κ1) is 13.5. The van der Waals surface area contributed by atoms with Crippen molar-refractivity contribution >= 4 is 17.5 Å². The fourth-order valence-electron chi connectivity index (χ4n) is 2.34. The molecule has 0 aliphatic carbocycles. The van der Waals surface area contributed by atoms with Crippen molar-refractivity contribution in [3.05, 3.63) is 16.3 Å². The maximum Gasteiger partial charge on any atom is 0.329 e. The number of piperidine rings is 1. The molecule has 0 atom stereocenters. The van der Waals surface area contributed by atoms with E-state index in [9.17, 15) is 10.1 Å². The summed E-state index contributed by atoms with van der Waals surface area (Å²) in [5.41, 5.74) is 5.44. The summed E-state index contributed by atoms with van der Waals surface area (Å²) in [6.45, 7) is 1.47. The predicted molar refractivity (Wildman–Crippen MR) is 72.0 cm³/mol. The summed E-state index contributed by atoms with van der Waals surface area (Å²) >= 11 is 0. The van der Waals surface area contributed by atoms with E-state index in [0.29, 0.717) is 11.9 Å². The Kier molecular flexibility index (Phi) is 3.79. The summed E-state index contributed by atoms with van der Waals surface area (Å²) in [5.74, 6) is 0.394. The molecule has 0 saturated carbocycles. The lowest BCUT2D eigenvalue weighted by molar-refractivity contribution is -0.384. The zero-order valence-corrected chi connectivity index (χ0v) is 11.1. The fraction of sp³-hybridized carbons (Fsp3) is 0.636. The summed E-state index contributed by atoms with van der Waals surface area (Å²) < 4.78 is 0. The average molecular weight is 266 g/mol. The Morgan fingerprint density at radius 1 is 1.47 bits per heavy atom. The number of nitrogen functional groups attached to an aromatic ring is 1. The molecule has 1 aromatic rings. The molecule has 104 valence electrons. The number of nitrogens with two attached hydrogens (primary N) is 1. The van der Waals surface area contributed by atoms with Crippen LogP contribution in [-0.4, -0.2) is 53.0 Å². The third kappa shape index (κ3) is 2.90. The minimum Gasteiger partial charge on any atom is -0.368 e. The second-order valence-electron chi connectivity index (χ2n) is 4.88. The van der Waals surface area contributed by atoms with Crippen LogP contribution < -0.4 is 10.6 Å². The lowest BCUT2D eigenvalue weighted by Gasteiger charge is -2.35. The number of nitro groups is 1. The van der Waals surface area contributed by atoms with Crippen LogP contribution in [0.4, 0.5) is 17.5 Å². The van der Waals surface area contributed by atoms with Crippen LogP contribution >= 0.6 is 0 Å². The van der Waals surface area contributed by atoms with E-state index in [4.69, 9.17) is 5.73 Å². The number of rotatable bonds is 3. The van der Waals surface area contributed by atoms with E-state index in [1.54, 1.807) is 0 Å². The van der Waals surface area contributed by atoms with Crippen molar-refractivity contribution in [1.29, 1.82) is 0 Å². The second kappa shape index (κ2) is 5.35. The van der Waals surface area contributed by atoms with E-state index in [1.807, 2.05) is 19.0 Å². The van der Waals surface area contributed by atoms with Crippen molar-refractivity contribution in [3.8, 4) is 0 Å². The summed E-state index contributed by atoms with van der Waals surface area (Å²) in [6.07, 6.45) is 3.08. The Balaban J connectivity index is 2.19. The van der Waals surface area contributed by atoms with Gasteiger partial charge in [0, 0.05) is 19.1 Å². The molecule has 0 radical (unpaired) electrons. The third-order valence-electron chi connectivity index (χ3n) is 3.46. The predicted octanol–water partition coefficient (Wildman–Crippen LogP) is 0.497. The van der Waals surface area contributed by atoms with Gasteiger partial charge in [-0.05, 0) is 26.9 Å². The molecule has 1 fully saturated rings. The smallest absolute Gasteiger partial charge is 0.329 e. The largest absolute Gasteiger partial charge is 0.368 e. The molecule has 19 heavy (non-hydrogen) atoms. The lowest BCUT2D eigenvalue weighted by atomic mass is 10.0. The number of hydrogen-bond donors (Lipinski definition) is 1. The molecular formula is C11H18N6O2. The number of hydrogen-bond acceptors (Lipinski definition) is 7. The van der Waals surface area contributed by atoms with Gasteiger partial charge in [-0.15, -0.1) is 0 Å². The van der Waals surface area contributed by atoms with Crippen molar-refractivity contribution in [2.24, 2.45) is 0 Å². The van der Waals surface area contributed by atoms with Gasteiger partial charge in [0.15, 0.2) is 0 Å². The van der Waals surface area contributed by atoms with Crippen LogP contribution in [0.3, 0.4) is 0 Å². The molecule has 8 nitrogen and oxygen atoms in total. The zero-order valence-electron chi connectivity index (χ0n) is 11.1. The molecule has 1 aliphatic heterocycles. The van der Waals surface area contributed by atoms with Crippen LogP contribution in [0.15, 0.2) is 6.20 Å². The zero-order chi connectivity index (χ0) is 14.0. The Morgan fingerprint density at radius 2 is 2.11 bits per heavy atom. The first-order valence-corrected chi connectivity index (χ1v) is 6.17. The van der Waals surface area contributed by atoms with Crippen LogP contribution in [0.1, 0.15) is 12.8 Å². The number of aromatic nitrogens is 2. The van der Waals surface area contributed by atoms with E-state index in [1.165, 1.54) is 6.20 Å². The normalized spacial score (nSPS) is 16.9. The molecule has 2 rings (SSSR count). The molecule has 0 bridgehead atoms. The average Bonchev–Trinajstić information content (AvgIpc) is 2.38. The molecule has 8 heteroatoms. The minimum atomic E-state index is -0.465. The second-order valence-corrected chi connectivity index (χ2v) is 4.88. The number of anilines is 2. The quantitative estimate of drug-likeness (QED) is 0.627. The molecule has 1 aromatic heterocycles. The van der Waals surface area contributed by atoms with Gasteiger partial charge in [0.2, 0.25) is 11.8 Å². The highest BCUT2D eigenvalue weighted by Crippen LogP contribution is 2.28. The van der Waals surface area contributed by atoms with Gasteiger partial charge < -0.3 is 15.5 Å². The van der Waals surface area contributed by atoms with E-state index in [2.05, 4.69) is 14.9 Å². The fourth-order valence-corrected chi connectivity index (χ4v) is 2.34. The highest BCUT2D eigenvalue weighted by Gasteiger charge is 2.27. The van der Waals surface area contributed by atoms with Crippen LogP contribution in [-0.2, 0) is 0 Å². The van der Waals surface area contributed by atoms with Crippen molar-refractivity contribution in [1.82, 2.24) is 14.9 Å². The molecule has 2 N–H and O–H groups in total. The van der Waals surface area contributed by atoms with Crippen LogP contribution in [0.2, 0.25) is 0 Å². The first-order valence-electron chi connectivity index (χ1n) is 6.17. The van der Waals surface area contributed by atoms with Gasteiger partial charge >= 0.3 is 5.69 Å². The lowest BCUT2D eigenvalue weighted by Crippen LogP contribution is -2.42. The number of nitrogens with zero attached hydrogens (tertiary/aromatic N) is 5. The molecule has 2 heterocycles. The first-order chi connectivity index (χ1) is 8.99. The molecule has 0 aromatic carbocycles. The van der Waals surface area contributed by atoms with Gasteiger partial charge in [-0.25, -0.2) is 4.98 Å². The third-order valence-corrected chi connectivity index (χ3v) is 3.46. The van der Waals surface area contributed by atoms with Gasteiger partial charge in [0.25, 0.3) is 0 Å². The minimum absolute atomic E-state index is 0.0651. The monoisotopic (exact) mass is 266 g/mol. The van der Waals surface area contributed by atoms with Crippen LogP contribution in [0.25, 0.3) is 0 Å². The highest BCUT2D eigenvalue weighted by molar-refractivity contribution is 5.58. The molecule has 0 unspecified atom stereocenters. The van der Waals surface area contributed by atoms with Gasteiger partial charge in [0.1, 0.15) is 6.20 Å². The highest BCUT2D eigenvalue weighted by atomic mass is 16.6. The molecular weight excluding hydrogens is 248 g/mol. The summed E-state index contributed by atoms with van der Waals surface area (Å²) in [6, 6.07) is 0.509. The molecule has 1 aliphatic rings. The topological polar surface area (TPSA) is 101 Å². The SMILES string of the molecule is CN(C)C1CCN(c2nc(N)ncc2[N+](=O)[O-])CC1. The molecule has 0 amide bonds. The maximum absolute atomic E-state index is 11.0. The van der Waals surface area contributed by atoms with Crippen LogP contribution in [0.5, 0.6) is 0 Å². The van der Waals surface area contributed by atoms with Crippen molar-refractivity contribution in [2.45, 2.75) is 18.9 Å². The summed E-state index contributed by atoms with van der Waals surface area (Å²) in [7, 11) is 4.09. The molecule has 0 spiro atoms. The van der Waals surface area contributed by atoms with Gasteiger partial charge in [0.05, 0.1) is 4.92 Å². The van der Waals surface area contributed by atoms with E-state index >= 15 is 0 Å². The van der Waals surface area contributed by atoms with Crippen LogP contribution in [0, 0.1) is 10.1 Å². The summed E-state index contributed by atoms with van der Waals surface area (Å²) in [5, 5.41) is 11.0. The van der Waals surface area contributed by atoms with Crippen molar-refractivity contribution < 1.29 is 4.92 Å².